The average Bonchev–Trinajstić information content (AvgIpc) is 3.00. The van der Waals surface area contributed by atoms with Crippen LogP contribution < -0.4 is 16.4 Å². The number of methoxy groups -OCH3 is 1. The lowest BCUT2D eigenvalue weighted by Gasteiger charge is -2.31. The molecule has 0 bridgehead atoms. The Morgan fingerprint density at radius 1 is 0.955 bits per heavy atom. The summed E-state index contributed by atoms with van der Waals surface area (Å²) in [6.45, 7) is 3.75. The van der Waals surface area contributed by atoms with Crippen LogP contribution in [0.5, 0.6) is 0 Å². The van der Waals surface area contributed by atoms with Gasteiger partial charge in [-0.25, -0.2) is 18.1 Å². The van der Waals surface area contributed by atoms with Gasteiger partial charge >= 0.3 is 6.09 Å². The molecule has 12 heteroatoms. The van der Waals surface area contributed by atoms with Crippen molar-refractivity contribution in [2.24, 2.45) is 11.7 Å². The summed E-state index contributed by atoms with van der Waals surface area (Å²) in [4.78, 5) is 27.5. The maximum atomic E-state index is 13.7. The normalized spacial score (nSPS) is 13.1. The number of imide groups is 1. The first-order chi connectivity index (χ1) is 20.9. The number of nitrogens with two attached hydrogens (primary N) is 2. The molecule has 0 aromatic heterocycles. The topological polar surface area (TPSA) is 156 Å². The van der Waals surface area contributed by atoms with E-state index in [1.54, 1.807) is 48.5 Å². The number of rotatable bonds is 14. The number of hydrogen-bond donors (Lipinski definition) is 3. The molecule has 0 fully saturated rings. The molecular weight excluding hydrogens is 604 g/mol. The predicted molar refractivity (Wildman–Crippen MR) is 173 cm³/mol. The Labute approximate surface area is 264 Å². The van der Waals surface area contributed by atoms with E-state index in [1.165, 1.54) is 35.7 Å². The molecule has 0 unspecified atom stereocenters. The van der Waals surface area contributed by atoms with Crippen LogP contribution in [0, 0.1) is 5.92 Å². The van der Waals surface area contributed by atoms with E-state index in [1.807, 2.05) is 13.8 Å². The Balaban J connectivity index is 1.91. The van der Waals surface area contributed by atoms with Crippen LogP contribution in [0.1, 0.15) is 37.8 Å². The third kappa shape index (κ3) is 8.80. The molecule has 3 aromatic carbocycles. The smallest absolute Gasteiger partial charge is 0.420 e. The molecule has 0 spiro atoms. The van der Waals surface area contributed by atoms with Crippen LogP contribution in [0.25, 0.3) is 0 Å². The highest BCUT2D eigenvalue weighted by atomic mass is 35.5. The largest absolute Gasteiger partial charge is 0.452 e. The molecule has 5 N–H and O–H groups in total. The zero-order valence-corrected chi connectivity index (χ0v) is 26.8. The van der Waals surface area contributed by atoms with Gasteiger partial charge in [-0.1, -0.05) is 61.8 Å². The Kier molecular flexibility index (Phi) is 12.7. The van der Waals surface area contributed by atoms with E-state index in [4.69, 9.17) is 27.8 Å². The molecule has 238 valence electrons. The van der Waals surface area contributed by atoms with Crippen molar-refractivity contribution in [1.29, 1.82) is 0 Å². The highest BCUT2D eigenvalue weighted by Crippen LogP contribution is 2.28. The van der Waals surface area contributed by atoms with Gasteiger partial charge in [-0.3, -0.25) is 4.79 Å². The molecule has 0 saturated carbocycles. The number of anilines is 2. The van der Waals surface area contributed by atoms with Gasteiger partial charge in [0, 0.05) is 23.3 Å². The average molecular weight is 645 g/mol. The lowest BCUT2D eigenvalue weighted by molar-refractivity contribution is -0.119. The molecule has 0 aliphatic carbocycles. The van der Waals surface area contributed by atoms with E-state index in [2.05, 4.69) is 0 Å². The van der Waals surface area contributed by atoms with E-state index in [0.29, 0.717) is 28.3 Å². The second-order valence-corrected chi connectivity index (χ2v) is 13.2. The number of sulfonamides is 1. The zero-order valence-electron chi connectivity index (χ0n) is 25.2. The molecule has 0 aliphatic heterocycles. The van der Waals surface area contributed by atoms with Crippen molar-refractivity contribution in [2.45, 2.75) is 56.5 Å². The summed E-state index contributed by atoms with van der Waals surface area (Å²) in [6, 6.07) is 17.8. The number of nitrogens with zero attached hydrogens (tertiary/aromatic N) is 2. The fourth-order valence-corrected chi connectivity index (χ4v) is 6.67. The maximum absolute atomic E-state index is 13.7. The summed E-state index contributed by atoms with van der Waals surface area (Å²) in [6.07, 6.45) is 0.191. The number of amides is 2. The minimum Gasteiger partial charge on any atom is -0.452 e. The van der Waals surface area contributed by atoms with Gasteiger partial charge < -0.3 is 21.3 Å². The first kappa shape index (κ1) is 35.0. The minimum atomic E-state index is -3.98. The van der Waals surface area contributed by atoms with Crippen molar-refractivity contribution < 1.29 is 27.9 Å². The number of ether oxygens (including phenoxy) is 1. The van der Waals surface area contributed by atoms with Crippen molar-refractivity contribution in [2.75, 3.05) is 30.9 Å². The van der Waals surface area contributed by atoms with E-state index < -0.39 is 40.7 Å². The maximum Gasteiger partial charge on any atom is 0.420 e. The molecule has 0 heterocycles. The summed E-state index contributed by atoms with van der Waals surface area (Å²) in [7, 11) is -2.81. The zero-order chi connectivity index (χ0) is 32.4. The van der Waals surface area contributed by atoms with Crippen LogP contribution in [-0.2, 0) is 32.4 Å². The van der Waals surface area contributed by atoms with Crippen LogP contribution in [0.2, 0.25) is 5.02 Å². The van der Waals surface area contributed by atoms with Crippen LogP contribution in [0.15, 0.2) is 77.7 Å². The Bertz CT molecular complexity index is 1520. The standard InChI is InChI=1S/C32H41ClN4O6S/c1-22(2)18-19-36(44(41,42)27-16-13-25(34)14-17-27)26(21-38)15-12-23-8-5-7-11-30(23)37(32(40)43-3)31(39)29(35)20-24-9-4-6-10-28(24)33/h4-11,13-14,16-17,22,26,29,38H,12,15,18-21,34-35H2,1-3H3/t26-,29-/m0/s1. The van der Waals surface area contributed by atoms with Crippen LogP contribution >= 0.6 is 11.6 Å². The highest BCUT2D eigenvalue weighted by Gasteiger charge is 2.33. The Morgan fingerprint density at radius 2 is 1.57 bits per heavy atom. The molecule has 2 amide bonds. The lowest BCUT2D eigenvalue weighted by Crippen LogP contribution is -2.48. The fraction of sp³-hybridized carbons (Fsp3) is 0.375. The van der Waals surface area contributed by atoms with Crippen molar-refractivity contribution in [3.63, 3.8) is 0 Å². The minimum absolute atomic E-state index is 0.0734. The van der Waals surface area contributed by atoms with Crippen molar-refractivity contribution in [3.8, 4) is 0 Å². The molecule has 10 nitrogen and oxygen atoms in total. The third-order valence-corrected chi connectivity index (χ3v) is 9.64. The van der Waals surface area contributed by atoms with E-state index in [0.717, 1.165) is 4.90 Å². The Morgan fingerprint density at radius 3 is 2.16 bits per heavy atom. The molecular formula is C32H41ClN4O6S. The second kappa shape index (κ2) is 16.0. The number of hydrogen-bond acceptors (Lipinski definition) is 8. The summed E-state index contributed by atoms with van der Waals surface area (Å²) >= 11 is 6.27. The van der Waals surface area contributed by atoms with Gasteiger partial charge in [-0.05, 0) is 79.1 Å². The molecule has 2 atom stereocenters. The summed E-state index contributed by atoms with van der Waals surface area (Å²) in [5, 5.41) is 10.9. The quantitative estimate of drug-likeness (QED) is 0.215. The molecule has 44 heavy (non-hydrogen) atoms. The monoisotopic (exact) mass is 644 g/mol. The van der Waals surface area contributed by atoms with Crippen molar-refractivity contribution in [3.05, 3.63) is 88.9 Å². The number of benzene rings is 3. The van der Waals surface area contributed by atoms with Gasteiger partial charge in [0.15, 0.2) is 0 Å². The number of aliphatic hydroxyl groups excluding tert-OH is 1. The van der Waals surface area contributed by atoms with E-state index >= 15 is 0 Å². The number of halogens is 1. The highest BCUT2D eigenvalue weighted by molar-refractivity contribution is 7.89. The van der Waals surface area contributed by atoms with Gasteiger partial charge in [0.1, 0.15) is 0 Å². The van der Waals surface area contributed by atoms with Gasteiger partial charge in [0.25, 0.3) is 5.91 Å². The SMILES string of the molecule is COC(=O)N(C(=O)[C@@H](N)Cc1ccccc1Cl)c1ccccc1CC[C@@H](CO)N(CCC(C)C)S(=O)(=O)c1ccc(N)cc1. The predicted octanol–water partition coefficient (Wildman–Crippen LogP) is 4.62. The number of aliphatic hydroxyl groups is 1. The summed E-state index contributed by atoms with van der Waals surface area (Å²) < 4.78 is 33.8. The van der Waals surface area contributed by atoms with E-state index in [9.17, 15) is 23.1 Å². The molecule has 0 saturated heterocycles. The first-order valence-electron chi connectivity index (χ1n) is 14.4. The molecule has 0 aliphatic rings. The molecule has 0 radical (unpaired) electrons. The van der Waals surface area contributed by atoms with Crippen LogP contribution in [0.3, 0.4) is 0 Å². The second-order valence-electron chi connectivity index (χ2n) is 10.9. The van der Waals surface area contributed by atoms with Gasteiger partial charge in [-0.15, -0.1) is 0 Å². The Hall–Kier alpha value is -3.48. The van der Waals surface area contributed by atoms with Crippen LogP contribution in [-0.4, -0.2) is 62.2 Å². The summed E-state index contributed by atoms with van der Waals surface area (Å²) in [5.41, 5.74) is 14.0. The van der Waals surface area contributed by atoms with Crippen molar-refractivity contribution >= 4 is 45.0 Å². The number of para-hydroxylation sites is 1. The molecule has 3 aromatic rings. The number of nitrogen functional groups attached to an aromatic ring is 1. The fourth-order valence-electron chi connectivity index (χ4n) is 4.80. The van der Waals surface area contributed by atoms with Crippen molar-refractivity contribution in [1.82, 2.24) is 4.31 Å². The van der Waals surface area contributed by atoms with Gasteiger partial charge in [0.05, 0.1) is 30.3 Å². The number of aryl methyl sites for hydroxylation is 1. The van der Waals surface area contributed by atoms with Crippen LogP contribution in [0.4, 0.5) is 16.2 Å². The molecule has 3 rings (SSSR count). The number of carbonyl (C=O) groups excluding carboxylic acids is 2. The van der Waals surface area contributed by atoms with E-state index in [-0.39, 0.29) is 42.3 Å². The van der Waals surface area contributed by atoms with Gasteiger partial charge in [-0.2, -0.15) is 4.31 Å². The third-order valence-electron chi connectivity index (χ3n) is 7.30. The number of carbonyl (C=O) groups is 2. The lowest BCUT2D eigenvalue weighted by atomic mass is 10.0. The first-order valence-corrected chi connectivity index (χ1v) is 16.2. The summed E-state index contributed by atoms with van der Waals surface area (Å²) in [5.74, 6) is -0.471. The van der Waals surface area contributed by atoms with Gasteiger partial charge in [0.2, 0.25) is 10.0 Å².